The van der Waals surface area contributed by atoms with Crippen molar-refractivity contribution in [3.63, 3.8) is 0 Å². The maximum atomic E-state index is 12.8. The Morgan fingerprint density at radius 3 is 2.87 bits per heavy atom. The van der Waals surface area contributed by atoms with Crippen LogP contribution in [0.15, 0.2) is 18.5 Å². The van der Waals surface area contributed by atoms with Crippen LogP contribution in [0.4, 0.5) is 0 Å². The highest BCUT2D eigenvalue weighted by Crippen LogP contribution is 2.32. The second-order valence-electron chi connectivity index (χ2n) is 7.21. The standard InChI is InChI=1S/C17H24N4O2/c22-16-9-14(11-20(16)10-13-4-5-13)17(23)19-7-1-3-15(12-19)21-8-2-6-18-21/h2,6,8,13-15H,1,3-5,7,9-12H2. The quantitative estimate of drug-likeness (QED) is 0.841. The summed E-state index contributed by atoms with van der Waals surface area (Å²) in [5.74, 6) is 0.869. The normalized spacial score (nSPS) is 28.4. The van der Waals surface area contributed by atoms with Gasteiger partial charge in [0, 0.05) is 45.0 Å². The zero-order chi connectivity index (χ0) is 15.8. The lowest BCUT2D eigenvalue weighted by Crippen LogP contribution is -2.44. The molecular weight excluding hydrogens is 292 g/mol. The van der Waals surface area contributed by atoms with Gasteiger partial charge in [0.1, 0.15) is 0 Å². The van der Waals surface area contributed by atoms with E-state index in [0.717, 1.165) is 25.9 Å². The maximum absolute atomic E-state index is 12.8. The molecule has 4 rings (SSSR count). The molecule has 0 bridgehead atoms. The van der Waals surface area contributed by atoms with Gasteiger partial charge in [-0.15, -0.1) is 0 Å². The summed E-state index contributed by atoms with van der Waals surface area (Å²) in [6.07, 6.45) is 8.68. The van der Waals surface area contributed by atoms with Gasteiger partial charge in [0.05, 0.1) is 12.0 Å². The molecule has 1 aromatic rings. The molecule has 3 heterocycles. The minimum atomic E-state index is -0.141. The third-order valence-corrected chi connectivity index (χ3v) is 5.35. The first-order chi connectivity index (χ1) is 11.2. The third-order valence-electron chi connectivity index (χ3n) is 5.35. The van der Waals surface area contributed by atoms with Crippen molar-refractivity contribution >= 4 is 11.8 Å². The number of hydrogen-bond acceptors (Lipinski definition) is 3. The summed E-state index contributed by atoms with van der Waals surface area (Å²) in [6.45, 7) is 3.01. The van der Waals surface area contributed by atoms with Gasteiger partial charge in [-0.25, -0.2) is 0 Å². The summed E-state index contributed by atoms with van der Waals surface area (Å²) >= 11 is 0. The Kier molecular flexibility index (Phi) is 3.83. The molecule has 23 heavy (non-hydrogen) atoms. The largest absolute Gasteiger partial charge is 0.342 e. The number of aromatic nitrogens is 2. The van der Waals surface area contributed by atoms with E-state index < -0.39 is 0 Å². The van der Waals surface area contributed by atoms with E-state index in [4.69, 9.17) is 0 Å². The van der Waals surface area contributed by atoms with Crippen LogP contribution in [-0.4, -0.2) is 57.6 Å². The molecule has 2 unspecified atom stereocenters. The molecule has 0 radical (unpaired) electrons. The second kappa shape index (κ2) is 5.98. The Balaban J connectivity index is 1.37. The fourth-order valence-corrected chi connectivity index (χ4v) is 3.85. The Hall–Kier alpha value is -1.85. The summed E-state index contributed by atoms with van der Waals surface area (Å²) in [6, 6.07) is 2.19. The van der Waals surface area contributed by atoms with Gasteiger partial charge in [-0.3, -0.25) is 14.3 Å². The van der Waals surface area contributed by atoms with Crippen molar-refractivity contribution in [2.24, 2.45) is 11.8 Å². The van der Waals surface area contributed by atoms with Gasteiger partial charge in [0.2, 0.25) is 11.8 Å². The van der Waals surface area contributed by atoms with Gasteiger partial charge in [-0.05, 0) is 37.7 Å². The first-order valence-corrected chi connectivity index (χ1v) is 8.76. The van der Waals surface area contributed by atoms with Crippen molar-refractivity contribution in [2.75, 3.05) is 26.2 Å². The molecule has 2 aliphatic heterocycles. The minimum absolute atomic E-state index is 0.141. The van der Waals surface area contributed by atoms with Crippen molar-refractivity contribution < 1.29 is 9.59 Å². The van der Waals surface area contributed by atoms with Crippen LogP contribution in [0.5, 0.6) is 0 Å². The molecule has 6 heteroatoms. The van der Waals surface area contributed by atoms with Crippen molar-refractivity contribution in [3.8, 4) is 0 Å². The van der Waals surface area contributed by atoms with Gasteiger partial charge in [0.15, 0.2) is 0 Å². The van der Waals surface area contributed by atoms with Gasteiger partial charge in [-0.2, -0.15) is 5.10 Å². The van der Waals surface area contributed by atoms with Crippen molar-refractivity contribution in [1.29, 1.82) is 0 Å². The molecule has 1 aliphatic carbocycles. The number of nitrogens with zero attached hydrogens (tertiary/aromatic N) is 4. The van der Waals surface area contributed by atoms with Crippen LogP contribution in [-0.2, 0) is 9.59 Å². The van der Waals surface area contributed by atoms with E-state index in [-0.39, 0.29) is 23.8 Å². The molecule has 3 fully saturated rings. The van der Waals surface area contributed by atoms with E-state index in [1.54, 1.807) is 6.20 Å². The number of carbonyl (C=O) groups excluding carboxylic acids is 2. The van der Waals surface area contributed by atoms with E-state index >= 15 is 0 Å². The van der Waals surface area contributed by atoms with E-state index in [1.807, 2.05) is 26.7 Å². The van der Waals surface area contributed by atoms with Crippen LogP contribution in [0, 0.1) is 11.8 Å². The van der Waals surface area contributed by atoms with Gasteiger partial charge in [0.25, 0.3) is 0 Å². The summed E-state index contributed by atoms with van der Waals surface area (Å²) in [4.78, 5) is 28.8. The molecule has 2 atom stereocenters. The lowest BCUT2D eigenvalue weighted by molar-refractivity contribution is -0.137. The van der Waals surface area contributed by atoms with Crippen LogP contribution < -0.4 is 0 Å². The predicted octanol–water partition coefficient (Wildman–Crippen LogP) is 1.31. The lowest BCUT2D eigenvalue weighted by Gasteiger charge is -2.34. The van der Waals surface area contributed by atoms with Gasteiger partial charge in [-0.1, -0.05) is 0 Å². The molecular formula is C17H24N4O2. The summed E-state index contributed by atoms with van der Waals surface area (Å²) in [7, 11) is 0. The molecule has 2 saturated heterocycles. The van der Waals surface area contributed by atoms with Gasteiger partial charge < -0.3 is 9.80 Å². The van der Waals surface area contributed by atoms with E-state index in [2.05, 4.69) is 5.10 Å². The molecule has 3 aliphatic rings. The molecule has 0 N–H and O–H groups in total. The molecule has 6 nitrogen and oxygen atoms in total. The highest BCUT2D eigenvalue weighted by Gasteiger charge is 2.39. The molecule has 124 valence electrons. The van der Waals surface area contributed by atoms with Crippen LogP contribution >= 0.6 is 0 Å². The number of piperidine rings is 1. The molecule has 2 amide bonds. The summed E-state index contributed by atoms with van der Waals surface area (Å²) < 4.78 is 1.96. The zero-order valence-corrected chi connectivity index (χ0v) is 13.4. The van der Waals surface area contributed by atoms with E-state index in [0.29, 0.717) is 25.4 Å². The highest BCUT2D eigenvalue weighted by molar-refractivity contribution is 5.89. The Bertz CT molecular complexity index is 581. The minimum Gasteiger partial charge on any atom is -0.342 e. The summed E-state index contributed by atoms with van der Waals surface area (Å²) in [5, 5.41) is 4.31. The molecule has 1 saturated carbocycles. The van der Waals surface area contributed by atoms with Crippen molar-refractivity contribution in [3.05, 3.63) is 18.5 Å². The monoisotopic (exact) mass is 316 g/mol. The van der Waals surface area contributed by atoms with Crippen molar-refractivity contribution in [2.45, 2.75) is 38.1 Å². The topological polar surface area (TPSA) is 58.4 Å². The smallest absolute Gasteiger partial charge is 0.228 e. The first-order valence-electron chi connectivity index (χ1n) is 8.76. The predicted molar refractivity (Wildman–Crippen MR) is 84.5 cm³/mol. The zero-order valence-electron chi connectivity index (χ0n) is 13.4. The Morgan fingerprint density at radius 1 is 1.26 bits per heavy atom. The van der Waals surface area contributed by atoms with Crippen LogP contribution in [0.2, 0.25) is 0 Å². The SMILES string of the molecule is O=C1CC(C(=O)N2CCCC(n3cccn3)C2)CN1CC1CC1. The number of likely N-dealkylation sites (tertiary alicyclic amines) is 2. The molecule has 0 aromatic carbocycles. The first kappa shape index (κ1) is 14.7. The summed E-state index contributed by atoms with van der Waals surface area (Å²) in [5.41, 5.74) is 0. The molecule has 1 aromatic heterocycles. The van der Waals surface area contributed by atoms with Crippen LogP contribution in [0.25, 0.3) is 0 Å². The fourth-order valence-electron chi connectivity index (χ4n) is 3.85. The van der Waals surface area contributed by atoms with Crippen LogP contribution in [0.1, 0.15) is 38.1 Å². The Morgan fingerprint density at radius 2 is 2.13 bits per heavy atom. The van der Waals surface area contributed by atoms with Crippen LogP contribution in [0.3, 0.4) is 0 Å². The Labute approximate surface area is 136 Å². The highest BCUT2D eigenvalue weighted by atomic mass is 16.2. The number of rotatable bonds is 4. The maximum Gasteiger partial charge on any atom is 0.228 e. The number of amides is 2. The lowest BCUT2D eigenvalue weighted by atomic mass is 10.0. The van der Waals surface area contributed by atoms with E-state index in [1.165, 1.54) is 12.8 Å². The van der Waals surface area contributed by atoms with Crippen molar-refractivity contribution in [1.82, 2.24) is 19.6 Å². The number of hydrogen-bond donors (Lipinski definition) is 0. The third kappa shape index (κ3) is 3.12. The average molecular weight is 316 g/mol. The molecule has 0 spiro atoms. The van der Waals surface area contributed by atoms with Gasteiger partial charge >= 0.3 is 0 Å². The second-order valence-corrected chi connectivity index (χ2v) is 7.21. The average Bonchev–Trinajstić information content (AvgIpc) is 3.08. The fraction of sp³-hybridized carbons (Fsp3) is 0.706. The number of carbonyl (C=O) groups is 2. The van der Waals surface area contributed by atoms with E-state index in [9.17, 15) is 9.59 Å².